The van der Waals surface area contributed by atoms with Crippen molar-refractivity contribution in [3.05, 3.63) is 83.8 Å². The van der Waals surface area contributed by atoms with E-state index < -0.39 is 17.9 Å². The number of carbonyl (C=O) groups excluding carboxylic acids is 3. The Kier molecular flexibility index (Phi) is 8.05. The topological polar surface area (TPSA) is 98.1 Å². The third-order valence-electron chi connectivity index (χ3n) is 6.23. The maximum absolute atomic E-state index is 13.8. The molecule has 1 N–H and O–H groups in total. The highest BCUT2D eigenvalue weighted by Crippen LogP contribution is 2.32. The van der Waals surface area contributed by atoms with E-state index in [9.17, 15) is 14.4 Å². The maximum Gasteiger partial charge on any atom is 0.337 e. The van der Waals surface area contributed by atoms with Crippen LogP contribution in [-0.4, -0.2) is 37.5 Å². The predicted octanol–water partition coefficient (Wildman–Crippen LogP) is 4.91. The van der Waals surface area contributed by atoms with E-state index in [2.05, 4.69) is 5.32 Å². The number of amides is 2. The van der Waals surface area contributed by atoms with Crippen LogP contribution in [0.15, 0.2) is 71.3 Å². The highest BCUT2D eigenvalue weighted by Gasteiger charge is 2.36. The number of rotatable bonds is 9. The Bertz CT molecular complexity index is 1170. The van der Waals surface area contributed by atoms with Gasteiger partial charge >= 0.3 is 5.97 Å². The molecular formula is C28H30N2O6. The molecule has 0 spiro atoms. The largest absolute Gasteiger partial charge is 0.494 e. The van der Waals surface area contributed by atoms with E-state index in [0.29, 0.717) is 29.2 Å². The summed E-state index contributed by atoms with van der Waals surface area (Å²) in [5.41, 5.74) is 1.38. The summed E-state index contributed by atoms with van der Waals surface area (Å²) in [5, 5.41) is 3.14. The predicted molar refractivity (Wildman–Crippen MR) is 134 cm³/mol. The van der Waals surface area contributed by atoms with Crippen molar-refractivity contribution in [3.8, 4) is 5.75 Å². The Balaban J connectivity index is 1.78. The number of methoxy groups -OCH3 is 1. The van der Waals surface area contributed by atoms with Crippen LogP contribution in [0, 0.1) is 0 Å². The van der Waals surface area contributed by atoms with E-state index in [1.54, 1.807) is 60.7 Å². The van der Waals surface area contributed by atoms with Crippen LogP contribution in [0.4, 0.5) is 5.69 Å². The number of nitrogens with zero attached hydrogens (tertiary/aromatic N) is 1. The smallest absolute Gasteiger partial charge is 0.337 e. The number of hydrogen-bond donors (Lipinski definition) is 1. The van der Waals surface area contributed by atoms with Gasteiger partial charge in [-0.15, -0.1) is 0 Å². The Labute approximate surface area is 210 Å². The van der Waals surface area contributed by atoms with Gasteiger partial charge < -0.3 is 19.2 Å². The van der Waals surface area contributed by atoms with Crippen LogP contribution in [0.5, 0.6) is 5.75 Å². The zero-order valence-electron chi connectivity index (χ0n) is 20.4. The van der Waals surface area contributed by atoms with E-state index in [1.807, 2.05) is 6.92 Å². The average Bonchev–Trinajstić information content (AvgIpc) is 3.62. The molecule has 1 heterocycles. The van der Waals surface area contributed by atoms with Crippen molar-refractivity contribution < 1.29 is 28.3 Å². The van der Waals surface area contributed by atoms with Crippen molar-refractivity contribution in [2.24, 2.45) is 0 Å². The van der Waals surface area contributed by atoms with Gasteiger partial charge in [0.15, 0.2) is 5.76 Å². The molecule has 1 aliphatic carbocycles. The first-order chi connectivity index (χ1) is 17.5. The van der Waals surface area contributed by atoms with Gasteiger partial charge in [0, 0.05) is 11.7 Å². The Morgan fingerprint density at radius 2 is 1.72 bits per heavy atom. The summed E-state index contributed by atoms with van der Waals surface area (Å²) in [6, 6.07) is 15.8. The second-order valence-corrected chi connectivity index (χ2v) is 8.59. The third kappa shape index (κ3) is 5.59. The van der Waals surface area contributed by atoms with Crippen LogP contribution < -0.4 is 15.0 Å². The molecule has 0 saturated heterocycles. The lowest BCUT2D eigenvalue weighted by molar-refractivity contribution is -0.123. The van der Waals surface area contributed by atoms with Crippen LogP contribution in [0.1, 0.15) is 65.1 Å². The molecule has 2 aromatic carbocycles. The van der Waals surface area contributed by atoms with Crippen LogP contribution >= 0.6 is 0 Å². The van der Waals surface area contributed by atoms with E-state index in [0.717, 1.165) is 25.7 Å². The highest BCUT2D eigenvalue weighted by atomic mass is 16.5. The Morgan fingerprint density at radius 3 is 2.31 bits per heavy atom. The molecule has 0 aliphatic heterocycles. The Hall–Kier alpha value is -4.07. The van der Waals surface area contributed by atoms with Gasteiger partial charge in [0.1, 0.15) is 11.8 Å². The lowest BCUT2D eigenvalue weighted by Crippen LogP contribution is -2.46. The SMILES string of the molecule is CCOc1ccc([C@@H](C(=O)NC2CCCC2)N(C(=O)c2ccco2)c2ccc(C(=O)OC)cc2)cc1. The number of benzene rings is 2. The minimum Gasteiger partial charge on any atom is -0.494 e. The zero-order valence-corrected chi connectivity index (χ0v) is 20.4. The maximum atomic E-state index is 13.8. The van der Waals surface area contributed by atoms with Crippen LogP contribution in [0.25, 0.3) is 0 Å². The number of furan rings is 1. The quantitative estimate of drug-likeness (QED) is 0.428. The molecular weight excluding hydrogens is 460 g/mol. The number of esters is 1. The van der Waals surface area contributed by atoms with E-state index in [4.69, 9.17) is 13.9 Å². The molecule has 2 amide bonds. The van der Waals surface area contributed by atoms with Crippen LogP contribution in [0.3, 0.4) is 0 Å². The summed E-state index contributed by atoms with van der Waals surface area (Å²) in [6.07, 6.45) is 5.34. The minimum absolute atomic E-state index is 0.0602. The van der Waals surface area contributed by atoms with Crippen molar-refractivity contribution in [1.82, 2.24) is 5.32 Å². The van der Waals surface area contributed by atoms with Crippen molar-refractivity contribution >= 4 is 23.5 Å². The first-order valence-electron chi connectivity index (χ1n) is 12.1. The monoisotopic (exact) mass is 490 g/mol. The molecule has 1 aliphatic rings. The zero-order chi connectivity index (χ0) is 25.5. The molecule has 8 nitrogen and oxygen atoms in total. The highest BCUT2D eigenvalue weighted by molar-refractivity contribution is 6.09. The Morgan fingerprint density at radius 1 is 1.03 bits per heavy atom. The van der Waals surface area contributed by atoms with E-state index >= 15 is 0 Å². The molecule has 36 heavy (non-hydrogen) atoms. The van der Waals surface area contributed by atoms with Gasteiger partial charge in [0.05, 0.1) is 25.5 Å². The van der Waals surface area contributed by atoms with Gasteiger partial charge in [-0.2, -0.15) is 0 Å². The summed E-state index contributed by atoms with van der Waals surface area (Å²) < 4.78 is 15.8. The van der Waals surface area contributed by atoms with Gasteiger partial charge in [-0.3, -0.25) is 14.5 Å². The molecule has 1 fully saturated rings. The first-order valence-corrected chi connectivity index (χ1v) is 12.1. The molecule has 1 saturated carbocycles. The molecule has 0 unspecified atom stereocenters. The number of nitrogens with one attached hydrogen (secondary N) is 1. The fraction of sp³-hybridized carbons (Fsp3) is 0.321. The second kappa shape index (κ2) is 11.6. The fourth-order valence-electron chi connectivity index (χ4n) is 4.46. The standard InChI is InChI=1S/C28H30N2O6/c1-3-35-23-16-12-19(13-17-23)25(26(31)29-21-7-4-5-8-21)30(27(32)24-9-6-18-36-24)22-14-10-20(11-15-22)28(33)34-2/h6,9-18,21,25H,3-5,7-8H2,1-2H3,(H,29,31)/t25-/m0/s1. The van der Waals surface area contributed by atoms with Crippen molar-refractivity contribution in [3.63, 3.8) is 0 Å². The van der Waals surface area contributed by atoms with Crippen molar-refractivity contribution in [2.45, 2.75) is 44.7 Å². The molecule has 8 heteroatoms. The number of anilines is 1. The van der Waals surface area contributed by atoms with Crippen LogP contribution in [-0.2, 0) is 9.53 Å². The minimum atomic E-state index is -0.983. The first kappa shape index (κ1) is 25.0. The molecule has 3 aromatic rings. The normalized spacial score (nSPS) is 14.2. The summed E-state index contributed by atoms with van der Waals surface area (Å²) >= 11 is 0. The fourth-order valence-corrected chi connectivity index (χ4v) is 4.46. The van der Waals surface area contributed by atoms with Crippen molar-refractivity contribution in [1.29, 1.82) is 0 Å². The van der Waals surface area contributed by atoms with Gasteiger partial charge in [0.2, 0.25) is 5.91 Å². The second-order valence-electron chi connectivity index (χ2n) is 8.59. The average molecular weight is 491 g/mol. The molecule has 4 rings (SSSR count). The van der Waals surface area contributed by atoms with E-state index in [-0.39, 0.29) is 17.7 Å². The molecule has 1 atom stereocenters. The third-order valence-corrected chi connectivity index (χ3v) is 6.23. The molecule has 0 bridgehead atoms. The summed E-state index contributed by atoms with van der Waals surface area (Å²) in [6.45, 7) is 2.41. The van der Waals surface area contributed by atoms with Gasteiger partial charge in [-0.25, -0.2) is 4.79 Å². The van der Waals surface area contributed by atoms with E-state index in [1.165, 1.54) is 18.3 Å². The van der Waals surface area contributed by atoms with Gasteiger partial charge in [-0.05, 0) is 73.9 Å². The molecule has 188 valence electrons. The molecule has 0 radical (unpaired) electrons. The van der Waals surface area contributed by atoms with Crippen LogP contribution in [0.2, 0.25) is 0 Å². The van der Waals surface area contributed by atoms with Gasteiger partial charge in [0.25, 0.3) is 5.91 Å². The van der Waals surface area contributed by atoms with Crippen molar-refractivity contribution in [2.75, 3.05) is 18.6 Å². The number of carbonyl (C=O) groups is 3. The number of hydrogen-bond acceptors (Lipinski definition) is 6. The summed E-state index contributed by atoms with van der Waals surface area (Å²) in [5.74, 6) is -0.499. The summed E-state index contributed by atoms with van der Waals surface area (Å²) in [4.78, 5) is 40.9. The lowest BCUT2D eigenvalue weighted by Gasteiger charge is -2.32. The summed E-state index contributed by atoms with van der Waals surface area (Å²) in [7, 11) is 1.30. The number of ether oxygens (including phenoxy) is 2. The van der Waals surface area contributed by atoms with Gasteiger partial charge in [-0.1, -0.05) is 25.0 Å². The molecule has 1 aromatic heterocycles. The lowest BCUT2D eigenvalue weighted by atomic mass is 10.0.